The van der Waals surface area contributed by atoms with Crippen molar-refractivity contribution in [2.24, 2.45) is 5.41 Å². The number of carbonyl (C=O) groups excluding carboxylic acids is 2. The first-order chi connectivity index (χ1) is 14.0. The smallest absolute Gasteiger partial charge is 0.336 e. The summed E-state index contributed by atoms with van der Waals surface area (Å²) in [6, 6.07) is 0. The minimum atomic E-state index is -1.51. The Kier molecular flexibility index (Phi) is 9.30. The highest BCUT2D eigenvalue weighted by atomic mass is 16.6. The third-order valence-corrected chi connectivity index (χ3v) is 5.25. The van der Waals surface area contributed by atoms with Crippen LogP contribution in [0, 0.1) is 5.41 Å². The number of allylic oxidation sites excluding steroid dienone is 4. The van der Waals surface area contributed by atoms with Gasteiger partial charge in [0.1, 0.15) is 12.7 Å². The highest BCUT2D eigenvalue weighted by molar-refractivity contribution is 5.94. The van der Waals surface area contributed by atoms with Crippen molar-refractivity contribution in [3.05, 3.63) is 59.9 Å². The number of ether oxygens (including phenoxy) is 3. The van der Waals surface area contributed by atoms with Gasteiger partial charge in [-0.15, -0.1) is 6.58 Å². The average Bonchev–Trinajstić information content (AvgIpc) is 3.07. The van der Waals surface area contributed by atoms with Crippen LogP contribution in [0.3, 0.4) is 0 Å². The summed E-state index contributed by atoms with van der Waals surface area (Å²) in [4.78, 5) is 24.7. The van der Waals surface area contributed by atoms with Crippen molar-refractivity contribution in [3.8, 4) is 0 Å². The zero-order valence-electron chi connectivity index (χ0n) is 18.9. The van der Waals surface area contributed by atoms with E-state index in [1.165, 1.54) is 25.0 Å². The number of hydrogen-bond donors (Lipinski definition) is 1. The van der Waals surface area contributed by atoms with E-state index < -0.39 is 29.1 Å². The fourth-order valence-electron chi connectivity index (χ4n) is 2.98. The fourth-order valence-corrected chi connectivity index (χ4v) is 2.98. The molecule has 0 saturated heterocycles. The Morgan fingerprint density at radius 2 is 2.07 bits per heavy atom. The third-order valence-electron chi connectivity index (χ3n) is 5.25. The van der Waals surface area contributed by atoms with Crippen molar-refractivity contribution in [3.63, 3.8) is 0 Å². The van der Waals surface area contributed by atoms with Gasteiger partial charge in [-0.1, -0.05) is 30.7 Å². The van der Waals surface area contributed by atoms with Crippen LogP contribution >= 0.6 is 0 Å². The molecule has 0 spiro atoms. The van der Waals surface area contributed by atoms with Crippen molar-refractivity contribution in [1.82, 2.24) is 0 Å². The van der Waals surface area contributed by atoms with E-state index in [9.17, 15) is 14.7 Å². The predicted octanol–water partition coefficient (Wildman–Crippen LogP) is 4.18. The summed E-state index contributed by atoms with van der Waals surface area (Å²) in [5.74, 6) is -1.10. The molecular weight excluding hydrogens is 384 g/mol. The topological polar surface area (TPSA) is 82.1 Å². The number of cyclic esters (lactones) is 1. The second kappa shape index (κ2) is 11.0. The molecule has 3 atom stereocenters. The van der Waals surface area contributed by atoms with Gasteiger partial charge in [0.25, 0.3) is 0 Å². The first kappa shape index (κ1) is 25.4. The molecule has 0 aliphatic carbocycles. The molecule has 1 rings (SSSR count). The molecule has 0 amide bonds. The van der Waals surface area contributed by atoms with Crippen LogP contribution in [0.15, 0.2) is 59.9 Å². The molecule has 0 aromatic rings. The van der Waals surface area contributed by atoms with E-state index in [-0.39, 0.29) is 6.61 Å². The van der Waals surface area contributed by atoms with Gasteiger partial charge < -0.3 is 19.3 Å². The second-order valence-corrected chi connectivity index (χ2v) is 7.87. The Labute approximate surface area is 179 Å². The lowest BCUT2D eigenvalue weighted by atomic mass is 9.77. The molecule has 0 unspecified atom stereocenters. The van der Waals surface area contributed by atoms with Crippen LogP contribution in [-0.2, 0) is 23.8 Å². The van der Waals surface area contributed by atoms with Crippen molar-refractivity contribution >= 4 is 11.9 Å². The summed E-state index contributed by atoms with van der Waals surface area (Å²) in [7, 11) is 1.45. The molecule has 0 saturated carbocycles. The van der Waals surface area contributed by atoms with Gasteiger partial charge in [-0.3, -0.25) is 0 Å². The summed E-state index contributed by atoms with van der Waals surface area (Å²) in [5, 5.41) is 10.8. The Morgan fingerprint density at radius 1 is 1.40 bits per heavy atom. The largest absolute Gasteiger partial charge is 0.505 e. The van der Waals surface area contributed by atoms with Crippen LogP contribution in [-0.4, -0.2) is 42.5 Å². The van der Waals surface area contributed by atoms with Gasteiger partial charge in [0.05, 0.1) is 13.4 Å². The monoisotopic (exact) mass is 418 g/mol. The summed E-state index contributed by atoms with van der Waals surface area (Å²) in [6.45, 7) is 12.8. The van der Waals surface area contributed by atoms with Crippen LogP contribution in [0.25, 0.3) is 0 Å². The number of methoxy groups -OCH3 is 1. The molecule has 0 bridgehead atoms. The van der Waals surface area contributed by atoms with Gasteiger partial charge in [0.2, 0.25) is 0 Å². The number of aliphatic hydroxyl groups excluding tert-OH is 1. The van der Waals surface area contributed by atoms with Crippen molar-refractivity contribution in [2.75, 3.05) is 13.7 Å². The molecule has 1 aliphatic heterocycles. The van der Waals surface area contributed by atoms with E-state index in [1.807, 2.05) is 20.8 Å². The lowest BCUT2D eigenvalue weighted by Crippen LogP contribution is -2.43. The van der Waals surface area contributed by atoms with E-state index in [4.69, 9.17) is 14.2 Å². The molecule has 0 aromatic carbocycles. The molecule has 30 heavy (non-hydrogen) atoms. The zero-order chi connectivity index (χ0) is 22.9. The second-order valence-electron chi connectivity index (χ2n) is 7.87. The predicted molar refractivity (Wildman–Crippen MR) is 116 cm³/mol. The SMILES string of the molecule is C=C[C@](C)(CCC=C(C)C)C1=C[C@@](/C=C/OC)([C@H](O)COC(=O)/C(C)=C\C)OC1=O. The van der Waals surface area contributed by atoms with Crippen LogP contribution < -0.4 is 0 Å². The molecule has 1 N–H and O–H groups in total. The fraction of sp³-hybridized carbons (Fsp3) is 0.500. The van der Waals surface area contributed by atoms with Crippen LogP contribution in [0.2, 0.25) is 0 Å². The Morgan fingerprint density at radius 3 is 2.60 bits per heavy atom. The van der Waals surface area contributed by atoms with Gasteiger partial charge in [-0.05, 0) is 46.6 Å². The van der Waals surface area contributed by atoms with E-state index >= 15 is 0 Å². The molecule has 0 radical (unpaired) electrons. The van der Waals surface area contributed by atoms with Crippen LogP contribution in [0.5, 0.6) is 0 Å². The van der Waals surface area contributed by atoms with E-state index in [2.05, 4.69) is 12.7 Å². The standard InChI is InChI=1S/C24H34O6/c1-8-18(5)21(26)29-16-20(25)24(13-14-28-7)15-19(22(27)30-24)23(6,9-2)12-10-11-17(3)4/h8-9,11,13-15,20,25H,2,10,12,16H2,1,3-7H3/b14-13+,18-8-/t20-,23-,24+/m1/s1. The van der Waals surface area contributed by atoms with Gasteiger partial charge in [-0.25, -0.2) is 9.59 Å². The molecule has 0 fully saturated rings. The maximum absolute atomic E-state index is 12.8. The van der Waals surface area contributed by atoms with E-state index in [0.29, 0.717) is 17.6 Å². The Balaban J connectivity index is 3.22. The number of hydrogen-bond acceptors (Lipinski definition) is 6. The lowest BCUT2D eigenvalue weighted by molar-refractivity contribution is -0.157. The summed E-state index contributed by atoms with van der Waals surface area (Å²) in [6.07, 6.45) is 9.88. The molecule has 166 valence electrons. The molecule has 1 heterocycles. The summed E-state index contributed by atoms with van der Waals surface area (Å²) in [5.41, 5.74) is -0.149. The number of rotatable bonds is 11. The average molecular weight is 419 g/mol. The summed E-state index contributed by atoms with van der Waals surface area (Å²) < 4.78 is 15.7. The minimum Gasteiger partial charge on any atom is -0.505 e. The molecule has 6 heteroatoms. The first-order valence-electron chi connectivity index (χ1n) is 9.97. The van der Waals surface area contributed by atoms with Gasteiger partial charge in [0.15, 0.2) is 5.60 Å². The Hall–Kier alpha value is -2.60. The van der Waals surface area contributed by atoms with Crippen molar-refractivity contribution in [2.45, 2.75) is 59.2 Å². The van der Waals surface area contributed by atoms with Crippen LogP contribution in [0.1, 0.15) is 47.5 Å². The molecule has 1 aliphatic rings. The quantitative estimate of drug-likeness (QED) is 0.235. The van der Waals surface area contributed by atoms with Crippen molar-refractivity contribution < 1.29 is 28.9 Å². The number of aliphatic hydroxyl groups is 1. The molecular formula is C24H34O6. The van der Waals surface area contributed by atoms with Gasteiger partial charge >= 0.3 is 11.9 Å². The highest BCUT2D eigenvalue weighted by Crippen LogP contribution is 2.42. The number of carbonyl (C=O) groups is 2. The van der Waals surface area contributed by atoms with E-state index in [1.54, 1.807) is 32.1 Å². The van der Waals surface area contributed by atoms with Crippen LogP contribution in [0.4, 0.5) is 0 Å². The first-order valence-corrected chi connectivity index (χ1v) is 9.97. The summed E-state index contributed by atoms with van der Waals surface area (Å²) >= 11 is 0. The lowest BCUT2D eigenvalue weighted by Gasteiger charge is -2.28. The molecule has 6 nitrogen and oxygen atoms in total. The number of esters is 2. The highest BCUT2D eigenvalue weighted by Gasteiger charge is 2.48. The third kappa shape index (κ3) is 6.20. The van der Waals surface area contributed by atoms with Gasteiger partial charge in [0, 0.05) is 22.6 Å². The van der Waals surface area contributed by atoms with E-state index in [0.717, 1.165) is 6.42 Å². The zero-order valence-corrected chi connectivity index (χ0v) is 18.9. The minimum absolute atomic E-state index is 0.350. The van der Waals surface area contributed by atoms with Crippen molar-refractivity contribution in [1.29, 1.82) is 0 Å². The van der Waals surface area contributed by atoms with Gasteiger partial charge in [-0.2, -0.15) is 0 Å². The Bertz CT molecular complexity index is 769. The maximum atomic E-state index is 12.8. The molecule has 0 aromatic heterocycles. The normalized spacial score (nSPS) is 22.0. The maximum Gasteiger partial charge on any atom is 0.336 e.